The van der Waals surface area contributed by atoms with E-state index in [2.05, 4.69) is 10.3 Å². The van der Waals surface area contributed by atoms with Crippen LogP contribution in [0.4, 0.5) is 5.69 Å². The molecule has 1 aliphatic heterocycles. The number of rotatable bonds is 12. The van der Waals surface area contributed by atoms with E-state index >= 15 is 0 Å². The first-order chi connectivity index (χ1) is 20.6. The summed E-state index contributed by atoms with van der Waals surface area (Å²) >= 11 is 1.30. The molecule has 1 aliphatic rings. The van der Waals surface area contributed by atoms with Crippen LogP contribution in [-0.2, 0) is 18.0 Å². The molecule has 7 nitrogen and oxygen atoms in total. The molecule has 0 saturated carbocycles. The maximum Gasteiger partial charge on any atom is 0.264 e. The molecule has 8 heteroatoms. The number of thioether (sulfide) groups is 1. The van der Waals surface area contributed by atoms with E-state index in [1.54, 1.807) is 0 Å². The number of hydrogen-bond donors (Lipinski definition) is 1. The van der Waals surface area contributed by atoms with E-state index in [-0.39, 0.29) is 5.91 Å². The summed E-state index contributed by atoms with van der Waals surface area (Å²) in [5.74, 6) is 2.37. The van der Waals surface area contributed by atoms with Crippen LogP contribution in [0.15, 0.2) is 107 Å². The van der Waals surface area contributed by atoms with Crippen LogP contribution < -0.4 is 24.3 Å². The average molecular weight is 581 g/mol. The Kier molecular flexibility index (Phi) is 9.80. The molecule has 214 valence electrons. The van der Waals surface area contributed by atoms with Gasteiger partial charge >= 0.3 is 0 Å². The standard InChI is InChI=1S/C34H32N2O5S/c1-3-38-30-19-25(21-32-33(37)36-34(42-32)35-27-13-9-6-10-14-27)15-17-28(30)41-23-26-16-18-29(31(20-26)39-4-2)40-22-24-11-7-5-8-12-24/h5-21H,3-4,22-23H2,1-2H3,(H,35,36,37)/b32-21+. The fraction of sp³-hybridized carbons (Fsp3) is 0.176. The Morgan fingerprint density at radius 3 is 2.00 bits per heavy atom. The Morgan fingerprint density at radius 2 is 1.31 bits per heavy atom. The molecule has 5 rings (SSSR count). The summed E-state index contributed by atoms with van der Waals surface area (Å²) in [6.07, 6.45) is 1.82. The Balaban J connectivity index is 1.27. The van der Waals surface area contributed by atoms with Crippen molar-refractivity contribution in [2.45, 2.75) is 27.1 Å². The van der Waals surface area contributed by atoms with Crippen LogP contribution in [0.1, 0.15) is 30.5 Å². The van der Waals surface area contributed by atoms with Gasteiger partial charge in [0.25, 0.3) is 5.91 Å². The van der Waals surface area contributed by atoms with Gasteiger partial charge in [0.15, 0.2) is 28.2 Å². The van der Waals surface area contributed by atoms with Gasteiger partial charge in [0, 0.05) is 0 Å². The van der Waals surface area contributed by atoms with Gasteiger partial charge in [0.2, 0.25) is 0 Å². The second kappa shape index (κ2) is 14.3. The summed E-state index contributed by atoms with van der Waals surface area (Å²) in [4.78, 5) is 17.6. The number of carbonyl (C=O) groups excluding carboxylic acids is 1. The molecule has 1 heterocycles. The molecule has 0 radical (unpaired) electrons. The van der Waals surface area contributed by atoms with E-state index < -0.39 is 0 Å². The third-order valence-electron chi connectivity index (χ3n) is 6.14. The minimum absolute atomic E-state index is 0.186. The van der Waals surface area contributed by atoms with Gasteiger partial charge in [-0.25, -0.2) is 4.99 Å². The van der Waals surface area contributed by atoms with Crippen molar-refractivity contribution in [3.05, 3.63) is 119 Å². The Labute approximate surface area is 250 Å². The summed E-state index contributed by atoms with van der Waals surface area (Å²) in [6, 6.07) is 31.0. The number of benzene rings is 4. The summed E-state index contributed by atoms with van der Waals surface area (Å²) < 4.78 is 23.9. The first kappa shape index (κ1) is 28.8. The zero-order chi connectivity index (χ0) is 29.1. The number of amides is 1. The van der Waals surface area contributed by atoms with E-state index in [1.807, 2.05) is 117 Å². The highest BCUT2D eigenvalue weighted by Crippen LogP contribution is 2.34. The quantitative estimate of drug-likeness (QED) is 0.175. The zero-order valence-electron chi connectivity index (χ0n) is 23.5. The van der Waals surface area contributed by atoms with E-state index in [4.69, 9.17) is 18.9 Å². The first-order valence-corrected chi connectivity index (χ1v) is 14.6. The molecule has 0 spiro atoms. The molecule has 0 aliphatic carbocycles. The SMILES string of the molecule is CCOc1cc(/C=C2/SC(=Nc3ccccc3)NC2=O)ccc1OCc1ccc(OCc2ccccc2)c(OCC)c1. The number of nitrogens with one attached hydrogen (secondary N) is 1. The number of carbonyl (C=O) groups is 1. The van der Waals surface area contributed by atoms with E-state index in [9.17, 15) is 4.79 Å². The van der Waals surface area contributed by atoms with Gasteiger partial charge in [-0.3, -0.25) is 4.79 Å². The smallest absolute Gasteiger partial charge is 0.264 e. The van der Waals surface area contributed by atoms with Gasteiger partial charge < -0.3 is 24.3 Å². The molecule has 0 aromatic heterocycles. The maximum atomic E-state index is 12.6. The second-order valence-electron chi connectivity index (χ2n) is 9.23. The fourth-order valence-corrected chi connectivity index (χ4v) is 5.02. The van der Waals surface area contributed by atoms with Crippen molar-refractivity contribution in [3.8, 4) is 23.0 Å². The Hall–Kier alpha value is -4.69. The predicted molar refractivity (Wildman–Crippen MR) is 168 cm³/mol. The van der Waals surface area contributed by atoms with Gasteiger partial charge in [-0.2, -0.15) is 0 Å². The molecule has 0 unspecified atom stereocenters. The highest BCUT2D eigenvalue weighted by Gasteiger charge is 2.24. The number of nitrogens with zero attached hydrogens (tertiary/aromatic N) is 1. The number of para-hydroxylation sites is 1. The van der Waals surface area contributed by atoms with Gasteiger partial charge in [0.05, 0.1) is 23.8 Å². The van der Waals surface area contributed by atoms with Gasteiger partial charge in [-0.1, -0.05) is 60.7 Å². The van der Waals surface area contributed by atoms with Crippen molar-refractivity contribution in [2.24, 2.45) is 4.99 Å². The molecule has 0 atom stereocenters. The Morgan fingerprint density at radius 1 is 0.690 bits per heavy atom. The highest BCUT2D eigenvalue weighted by atomic mass is 32.2. The number of hydrogen-bond acceptors (Lipinski definition) is 7. The van der Waals surface area contributed by atoms with Crippen molar-refractivity contribution in [1.82, 2.24) is 5.32 Å². The van der Waals surface area contributed by atoms with Gasteiger partial charge in [-0.05, 0) is 84.8 Å². The van der Waals surface area contributed by atoms with Crippen molar-refractivity contribution < 1.29 is 23.7 Å². The normalized spacial score (nSPS) is 14.6. The molecule has 1 amide bonds. The van der Waals surface area contributed by atoms with E-state index in [1.165, 1.54) is 11.8 Å². The van der Waals surface area contributed by atoms with Crippen molar-refractivity contribution >= 4 is 34.6 Å². The number of aliphatic imine (C=N–C) groups is 1. The summed E-state index contributed by atoms with van der Waals surface area (Å²) in [5.41, 5.74) is 3.62. The van der Waals surface area contributed by atoms with E-state index in [0.29, 0.717) is 59.5 Å². The molecular formula is C34H32N2O5S. The molecule has 1 fully saturated rings. The van der Waals surface area contributed by atoms with Crippen LogP contribution in [0.5, 0.6) is 23.0 Å². The van der Waals surface area contributed by atoms with Crippen LogP contribution in [0.2, 0.25) is 0 Å². The Bertz CT molecular complexity index is 1570. The van der Waals surface area contributed by atoms with Crippen molar-refractivity contribution in [3.63, 3.8) is 0 Å². The van der Waals surface area contributed by atoms with Gasteiger partial charge in [0.1, 0.15) is 13.2 Å². The zero-order valence-corrected chi connectivity index (χ0v) is 24.4. The van der Waals surface area contributed by atoms with Crippen LogP contribution >= 0.6 is 11.8 Å². The second-order valence-corrected chi connectivity index (χ2v) is 10.3. The topological polar surface area (TPSA) is 78.4 Å². The molecule has 4 aromatic carbocycles. The maximum absolute atomic E-state index is 12.6. The lowest BCUT2D eigenvalue weighted by Gasteiger charge is -2.15. The number of ether oxygens (including phenoxy) is 4. The predicted octanol–water partition coefficient (Wildman–Crippen LogP) is 7.53. The number of amidine groups is 1. The molecule has 1 N–H and O–H groups in total. The van der Waals surface area contributed by atoms with Crippen LogP contribution in [-0.4, -0.2) is 24.3 Å². The largest absolute Gasteiger partial charge is 0.490 e. The lowest BCUT2D eigenvalue weighted by molar-refractivity contribution is -0.115. The fourth-order valence-electron chi connectivity index (χ4n) is 4.18. The summed E-state index contributed by atoms with van der Waals surface area (Å²) in [6.45, 7) is 5.63. The molecule has 42 heavy (non-hydrogen) atoms. The average Bonchev–Trinajstić information content (AvgIpc) is 3.35. The summed E-state index contributed by atoms with van der Waals surface area (Å²) in [7, 11) is 0. The first-order valence-electron chi connectivity index (χ1n) is 13.8. The van der Waals surface area contributed by atoms with Gasteiger partial charge in [-0.15, -0.1) is 0 Å². The monoisotopic (exact) mass is 580 g/mol. The lowest BCUT2D eigenvalue weighted by atomic mass is 10.1. The molecule has 4 aromatic rings. The molecular weight excluding hydrogens is 548 g/mol. The van der Waals surface area contributed by atoms with Crippen molar-refractivity contribution in [1.29, 1.82) is 0 Å². The van der Waals surface area contributed by atoms with Crippen LogP contribution in [0.3, 0.4) is 0 Å². The molecule has 1 saturated heterocycles. The highest BCUT2D eigenvalue weighted by molar-refractivity contribution is 8.18. The third kappa shape index (κ3) is 7.73. The minimum atomic E-state index is -0.186. The van der Waals surface area contributed by atoms with E-state index in [0.717, 1.165) is 22.4 Å². The lowest BCUT2D eigenvalue weighted by Crippen LogP contribution is -2.19. The summed E-state index contributed by atoms with van der Waals surface area (Å²) in [5, 5.41) is 3.37. The third-order valence-corrected chi connectivity index (χ3v) is 7.05. The van der Waals surface area contributed by atoms with Crippen molar-refractivity contribution in [2.75, 3.05) is 13.2 Å². The molecule has 0 bridgehead atoms. The minimum Gasteiger partial charge on any atom is -0.490 e. The van der Waals surface area contributed by atoms with Crippen LogP contribution in [0, 0.1) is 0 Å². The van der Waals surface area contributed by atoms with Crippen LogP contribution in [0.25, 0.3) is 6.08 Å².